The third-order valence-corrected chi connectivity index (χ3v) is 5.50. The van der Waals surface area contributed by atoms with E-state index in [0.717, 1.165) is 0 Å². The summed E-state index contributed by atoms with van der Waals surface area (Å²) in [7, 11) is -3.32. The molecule has 0 bridgehead atoms. The normalized spacial score (nSPS) is 15.8. The molecule has 1 aliphatic heterocycles. The molecule has 1 aromatic rings. The van der Waals surface area contributed by atoms with Crippen LogP contribution in [0.1, 0.15) is 44.1 Å². The van der Waals surface area contributed by atoms with E-state index >= 15 is 0 Å². The Kier molecular flexibility index (Phi) is 5.90. The van der Waals surface area contributed by atoms with E-state index in [0.29, 0.717) is 43.3 Å². The van der Waals surface area contributed by atoms with Crippen molar-refractivity contribution in [1.82, 2.24) is 14.3 Å². The molecule has 0 saturated heterocycles. The predicted octanol–water partition coefficient (Wildman–Crippen LogP) is 0.549. The van der Waals surface area contributed by atoms with Gasteiger partial charge in [0, 0.05) is 32.7 Å². The van der Waals surface area contributed by atoms with Crippen LogP contribution in [0, 0.1) is 0 Å². The molecule has 0 atom stereocenters. The molecule has 1 aliphatic rings. The maximum Gasteiger partial charge on any atom is 0.255 e. The molecule has 130 valence electrons. The summed E-state index contributed by atoms with van der Waals surface area (Å²) in [4.78, 5) is 19.4. The average Bonchev–Trinajstić information content (AvgIpc) is 2.54. The number of fused-ring (bicyclic) bond motifs is 1. The van der Waals surface area contributed by atoms with E-state index in [2.05, 4.69) is 9.97 Å². The van der Waals surface area contributed by atoms with Crippen molar-refractivity contribution in [1.29, 1.82) is 0 Å². The Bertz CT molecular complexity index is 695. The van der Waals surface area contributed by atoms with E-state index in [4.69, 9.17) is 9.47 Å². The van der Waals surface area contributed by atoms with Gasteiger partial charge in [0.1, 0.15) is 0 Å². The standard InChI is InChI=1S/C14H23N3O5S/c1-4-21-14(22-5-2)12-15-11-7-8-17(23(19,20)6-3)9-10(11)13(18)16-12/h14H,4-9H2,1-3H3,(H,15,16,18). The highest BCUT2D eigenvalue weighted by Crippen LogP contribution is 2.20. The van der Waals surface area contributed by atoms with E-state index in [-0.39, 0.29) is 17.9 Å². The second kappa shape index (κ2) is 7.52. The molecule has 8 nitrogen and oxygen atoms in total. The largest absolute Gasteiger partial charge is 0.346 e. The first-order valence-corrected chi connectivity index (χ1v) is 9.36. The molecule has 9 heteroatoms. The van der Waals surface area contributed by atoms with Crippen molar-refractivity contribution >= 4 is 10.0 Å². The van der Waals surface area contributed by atoms with Crippen molar-refractivity contribution in [2.45, 2.75) is 40.0 Å². The third kappa shape index (κ3) is 3.97. The highest BCUT2D eigenvalue weighted by molar-refractivity contribution is 7.89. The zero-order chi connectivity index (χ0) is 17.0. The monoisotopic (exact) mass is 345 g/mol. The number of sulfonamides is 1. The van der Waals surface area contributed by atoms with Crippen molar-refractivity contribution < 1.29 is 17.9 Å². The smallest absolute Gasteiger partial charge is 0.255 e. The van der Waals surface area contributed by atoms with Crippen LogP contribution in [0.3, 0.4) is 0 Å². The van der Waals surface area contributed by atoms with Gasteiger partial charge in [-0.05, 0) is 20.8 Å². The van der Waals surface area contributed by atoms with Gasteiger partial charge in [-0.1, -0.05) is 0 Å². The van der Waals surface area contributed by atoms with E-state index in [1.54, 1.807) is 6.92 Å². The van der Waals surface area contributed by atoms with Gasteiger partial charge in [-0.2, -0.15) is 4.31 Å². The summed E-state index contributed by atoms with van der Waals surface area (Å²) in [5, 5.41) is 0. The maximum atomic E-state index is 12.3. The third-order valence-electron chi connectivity index (χ3n) is 3.67. The Morgan fingerprint density at radius 2 is 1.91 bits per heavy atom. The fourth-order valence-corrected chi connectivity index (χ4v) is 3.52. The van der Waals surface area contributed by atoms with Crippen LogP contribution in [0.5, 0.6) is 0 Å². The van der Waals surface area contributed by atoms with Gasteiger partial charge in [-0.15, -0.1) is 0 Å². The SMILES string of the molecule is CCOC(OCC)c1nc2c(c(=O)[nH]1)CN(S(=O)(=O)CC)CC2. The second-order valence-electron chi connectivity index (χ2n) is 5.10. The molecule has 0 amide bonds. The molecule has 0 spiro atoms. The molecule has 0 aromatic carbocycles. The number of rotatable bonds is 7. The molecule has 2 heterocycles. The highest BCUT2D eigenvalue weighted by Gasteiger charge is 2.29. The minimum Gasteiger partial charge on any atom is -0.346 e. The summed E-state index contributed by atoms with van der Waals surface area (Å²) in [6, 6.07) is 0. The lowest BCUT2D eigenvalue weighted by molar-refractivity contribution is -0.145. The molecule has 0 fully saturated rings. The van der Waals surface area contributed by atoms with Crippen LogP contribution in [0.15, 0.2) is 4.79 Å². The maximum absolute atomic E-state index is 12.3. The summed E-state index contributed by atoms with van der Waals surface area (Å²) in [6.45, 7) is 6.48. The van der Waals surface area contributed by atoms with Crippen molar-refractivity contribution in [3.8, 4) is 0 Å². The highest BCUT2D eigenvalue weighted by atomic mass is 32.2. The van der Waals surface area contributed by atoms with Crippen LogP contribution >= 0.6 is 0 Å². The van der Waals surface area contributed by atoms with Gasteiger partial charge in [-0.25, -0.2) is 13.4 Å². The lowest BCUT2D eigenvalue weighted by Gasteiger charge is -2.27. The summed E-state index contributed by atoms with van der Waals surface area (Å²) < 4.78 is 36.2. The van der Waals surface area contributed by atoms with E-state index in [1.807, 2.05) is 13.8 Å². The number of hydrogen-bond acceptors (Lipinski definition) is 6. The summed E-state index contributed by atoms with van der Waals surface area (Å²) >= 11 is 0. The van der Waals surface area contributed by atoms with Crippen LogP contribution < -0.4 is 5.56 Å². The predicted molar refractivity (Wildman–Crippen MR) is 84.4 cm³/mol. The first kappa shape index (κ1) is 18.1. The summed E-state index contributed by atoms with van der Waals surface area (Å²) in [5.74, 6) is 0.340. The molecule has 0 radical (unpaired) electrons. The van der Waals surface area contributed by atoms with Gasteiger partial charge in [0.05, 0.1) is 17.0 Å². The average molecular weight is 345 g/mol. The van der Waals surface area contributed by atoms with Crippen LogP contribution in [0.25, 0.3) is 0 Å². The first-order chi connectivity index (χ1) is 10.9. The molecule has 0 aliphatic carbocycles. The second-order valence-corrected chi connectivity index (χ2v) is 7.36. The van der Waals surface area contributed by atoms with E-state index in [9.17, 15) is 13.2 Å². The molecular formula is C14H23N3O5S. The Balaban J connectivity index is 2.33. The minimum absolute atomic E-state index is 0.0164. The van der Waals surface area contributed by atoms with Crippen LogP contribution in [-0.2, 0) is 32.5 Å². The zero-order valence-electron chi connectivity index (χ0n) is 13.7. The number of aromatic nitrogens is 2. The van der Waals surface area contributed by atoms with Crippen molar-refractivity contribution in [2.24, 2.45) is 0 Å². The van der Waals surface area contributed by atoms with Crippen LogP contribution in [0.2, 0.25) is 0 Å². The Morgan fingerprint density at radius 1 is 1.26 bits per heavy atom. The van der Waals surface area contributed by atoms with Crippen molar-refractivity contribution in [3.05, 3.63) is 27.4 Å². The molecule has 2 rings (SSSR count). The number of nitrogens with zero attached hydrogens (tertiary/aromatic N) is 2. The van der Waals surface area contributed by atoms with Crippen molar-refractivity contribution in [2.75, 3.05) is 25.5 Å². The molecule has 0 unspecified atom stereocenters. The van der Waals surface area contributed by atoms with Crippen LogP contribution in [0.4, 0.5) is 0 Å². The summed E-state index contributed by atoms with van der Waals surface area (Å²) in [6.07, 6.45) is -0.323. The Labute approximate surface area is 135 Å². The lowest BCUT2D eigenvalue weighted by atomic mass is 10.1. The van der Waals surface area contributed by atoms with Crippen molar-refractivity contribution in [3.63, 3.8) is 0 Å². The zero-order valence-corrected chi connectivity index (χ0v) is 14.5. The minimum atomic E-state index is -3.32. The first-order valence-electron chi connectivity index (χ1n) is 7.75. The van der Waals surface area contributed by atoms with Gasteiger partial charge < -0.3 is 14.5 Å². The number of H-pyrrole nitrogens is 1. The molecule has 1 aromatic heterocycles. The fourth-order valence-electron chi connectivity index (χ4n) is 2.46. The van der Waals surface area contributed by atoms with Gasteiger partial charge in [-0.3, -0.25) is 4.79 Å². The van der Waals surface area contributed by atoms with Gasteiger partial charge in [0.2, 0.25) is 16.3 Å². The number of nitrogens with one attached hydrogen (secondary N) is 1. The quantitative estimate of drug-likeness (QED) is 0.724. The molecule has 0 saturated carbocycles. The lowest BCUT2D eigenvalue weighted by Crippen LogP contribution is -2.40. The number of hydrogen-bond donors (Lipinski definition) is 1. The Morgan fingerprint density at radius 3 is 2.48 bits per heavy atom. The van der Waals surface area contributed by atoms with Gasteiger partial charge >= 0.3 is 0 Å². The topological polar surface area (TPSA) is 102 Å². The van der Waals surface area contributed by atoms with Crippen LogP contribution in [-0.4, -0.2) is 48.2 Å². The van der Waals surface area contributed by atoms with E-state index in [1.165, 1.54) is 4.31 Å². The Hall–Kier alpha value is -1.29. The van der Waals surface area contributed by atoms with E-state index < -0.39 is 16.3 Å². The van der Waals surface area contributed by atoms with Gasteiger partial charge in [0.25, 0.3) is 5.56 Å². The number of ether oxygens (including phenoxy) is 2. The molecule has 1 N–H and O–H groups in total. The molecule has 23 heavy (non-hydrogen) atoms. The summed E-state index contributed by atoms with van der Waals surface area (Å²) in [5.41, 5.74) is 0.657. The van der Waals surface area contributed by atoms with Gasteiger partial charge in [0.15, 0.2) is 5.82 Å². The molecular weight excluding hydrogens is 322 g/mol. The fraction of sp³-hybridized carbons (Fsp3) is 0.714. The number of aromatic amines is 1.